The third kappa shape index (κ3) is 25.7. The molecule has 0 aromatic rings. The van der Waals surface area contributed by atoms with Crippen molar-refractivity contribution in [2.24, 2.45) is 0 Å². The molecular weight excluding hydrogens is 355 g/mol. The molecule has 0 radical (unpaired) electrons. The van der Waals surface area contributed by atoms with Gasteiger partial charge in [-0.15, -0.1) is 0 Å². The van der Waals surface area contributed by atoms with Crippen molar-refractivity contribution in [3.8, 4) is 0 Å². The summed E-state index contributed by atoms with van der Waals surface area (Å²) in [4.78, 5) is 0. The molecule has 164 valence electrons. The zero-order chi connectivity index (χ0) is 19.7. The molecule has 7 heteroatoms. The molecule has 27 heavy (non-hydrogen) atoms. The van der Waals surface area contributed by atoms with Gasteiger partial charge in [0.25, 0.3) is 0 Å². The van der Waals surface area contributed by atoms with Gasteiger partial charge in [0.1, 0.15) is 6.67 Å². The van der Waals surface area contributed by atoms with E-state index < -0.39 is 6.67 Å². The fourth-order valence-corrected chi connectivity index (χ4v) is 2.24. The number of ether oxygens (including phenoxy) is 6. The fourth-order valence-electron chi connectivity index (χ4n) is 2.24. The summed E-state index contributed by atoms with van der Waals surface area (Å²) in [6.07, 6.45) is 7.70. The predicted molar refractivity (Wildman–Crippen MR) is 104 cm³/mol. The highest BCUT2D eigenvalue weighted by molar-refractivity contribution is 4.43. The van der Waals surface area contributed by atoms with Crippen LogP contribution in [0.1, 0.15) is 45.4 Å². The molecule has 6 nitrogen and oxygen atoms in total. The van der Waals surface area contributed by atoms with Gasteiger partial charge in [-0.1, -0.05) is 39.0 Å². The molecule has 0 saturated heterocycles. The Hall–Kier alpha value is -0.310. The molecule has 0 heterocycles. The SMILES string of the molecule is CCCCCCCCOCCOCCOCCOCCOCCOCCF. The fraction of sp³-hybridized carbons (Fsp3) is 1.00. The van der Waals surface area contributed by atoms with Crippen molar-refractivity contribution in [3.05, 3.63) is 0 Å². The number of alkyl halides is 1. The van der Waals surface area contributed by atoms with Gasteiger partial charge >= 0.3 is 0 Å². The van der Waals surface area contributed by atoms with E-state index in [1.165, 1.54) is 32.1 Å². The van der Waals surface area contributed by atoms with Crippen LogP contribution in [-0.2, 0) is 28.4 Å². The maximum atomic E-state index is 11.7. The van der Waals surface area contributed by atoms with E-state index in [9.17, 15) is 4.39 Å². The lowest BCUT2D eigenvalue weighted by Crippen LogP contribution is -2.14. The van der Waals surface area contributed by atoms with Gasteiger partial charge in [0.2, 0.25) is 0 Å². The molecule has 0 fully saturated rings. The molecule has 0 spiro atoms. The van der Waals surface area contributed by atoms with Crippen LogP contribution in [0.4, 0.5) is 4.39 Å². The third-order valence-corrected chi connectivity index (χ3v) is 3.72. The summed E-state index contributed by atoms with van der Waals surface area (Å²) in [7, 11) is 0. The first-order valence-electron chi connectivity index (χ1n) is 10.4. The average Bonchev–Trinajstić information content (AvgIpc) is 2.68. The van der Waals surface area contributed by atoms with Crippen LogP contribution in [0.5, 0.6) is 0 Å². The van der Waals surface area contributed by atoms with E-state index in [0.717, 1.165) is 13.0 Å². The molecule has 0 aliphatic rings. The first kappa shape index (κ1) is 26.7. The molecular formula is C20H41FO6. The number of hydrogen-bond donors (Lipinski definition) is 0. The molecule has 0 aliphatic carbocycles. The summed E-state index contributed by atoms with van der Waals surface area (Å²) < 4.78 is 43.7. The Morgan fingerprint density at radius 1 is 0.407 bits per heavy atom. The van der Waals surface area contributed by atoms with Gasteiger partial charge in [-0.25, -0.2) is 4.39 Å². The summed E-state index contributed by atoms with van der Waals surface area (Å²) in [6, 6.07) is 0. The largest absolute Gasteiger partial charge is 0.379 e. The minimum atomic E-state index is -0.457. The van der Waals surface area contributed by atoms with Crippen molar-refractivity contribution in [2.45, 2.75) is 45.4 Å². The lowest BCUT2D eigenvalue weighted by Gasteiger charge is -2.08. The topological polar surface area (TPSA) is 55.4 Å². The van der Waals surface area contributed by atoms with E-state index in [0.29, 0.717) is 66.1 Å². The molecule has 0 aliphatic heterocycles. The first-order valence-corrected chi connectivity index (χ1v) is 10.4. The third-order valence-electron chi connectivity index (χ3n) is 3.72. The molecule has 0 bridgehead atoms. The van der Waals surface area contributed by atoms with E-state index in [1.54, 1.807) is 0 Å². The van der Waals surface area contributed by atoms with Gasteiger partial charge in [0.15, 0.2) is 0 Å². The molecule has 0 amide bonds. The lowest BCUT2D eigenvalue weighted by molar-refractivity contribution is -0.0172. The van der Waals surface area contributed by atoms with Crippen molar-refractivity contribution < 1.29 is 32.8 Å². The second-order valence-corrected chi connectivity index (χ2v) is 6.13. The zero-order valence-corrected chi connectivity index (χ0v) is 17.3. The van der Waals surface area contributed by atoms with Gasteiger partial charge in [-0.2, -0.15) is 0 Å². The summed E-state index contributed by atoms with van der Waals surface area (Å²) in [5.74, 6) is 0. The summed E-state index contributed by atoms with van der Waals surface area (Å²) in [5.41, 5.74) is 0. The number of rotatable bonds is 24. The molecule has 0 rings (SSSR count). The Kier molecular flexibility index (Phi) is 25.4. The number of unbranched alkanes of at least 4 members (excludes halogenated alkanes) is 5. The molecule has 0 saturated carbocycles. The summed E-state index contributed by atoms with van der Waals surface area (Å²) in [6.45, 7) is 8.09. The Balaban J connectivity index is 2.95. The average molecular weight is 397 g/mol. The Bertz CT molecular complexity index is 235. The first-order chi connectivity index (χ1) is 13.4. The van der Waals surface area contributed by atoms with Gasteiger partial charge in [0, 0.05) is 6.61 Å². The van der Waals surface area contributed by atoms with E-state index in [1.807, 2.05) is 0 Å². The van der Waals surface area contributed by atoms with E-state index in [2.05, 4.69) is 6.92 Å². The molecule has 0 atom stereocenters. The maximum Gasteiger partial charge on any atom is 0.113 e. The molecule has 0 unspecified atom stereocenters. The molecule has 0 aromatic heterocycles. The highest BCUT2D eigenvalue weighted by atomic mass is 19.1. The quantitative estimate of drug-likeness (QED) is 0.233. The molecule has 0 N–H and O–H groups in total. The van der Waals surface area contributed by atoms with Crippen LogP contribution in [0.2, 0.25) is 0 Å². The van der Waals surface area contributed by atoms with Gasteiger partial charge in [-0.3, -0.25) is 0 Å². The maximum absolute atomic E-state index is 11.7. The number of halogens is 1. The second-order valence-electron chi connectivity index (χ2n) is 6.13. The van der Waals surface area contributed by atoms with Crippen molar-refractivity contribution in [2.75, 3.05) is 86.0 Å². The van der Waals surface area contributed by atoms with Crippen LogP contribution in [0.25, 0.3) is 0 Å². The van der Waals surface area contributed by atoms with Crippen LogP contribution < -0.4 is 0 Å². The Morgan fingerprint density at radius 3 is 1.15 bits per heavy atom. The smallest absolute Gasteiger partial charge is 0.113 e. The van der Waals surface area contributed by atoms with Gasteiger partial charge in [-0.05, 0) is 6.42 Å². The minimum Gasteiger partial charge on any atom is -0.379 e. The van der Waals surface area contributed by atoms with E-state index >= 15 is 0 Å². The highest BCUT2D eigenvalue weighted by Gasteiger charge is 1.94. The van der Waals surface area contributed by atoms with Crippen molar-refractivity contribution in [3.63, 3.8) is 0 Å². The van der Waals surface area contributed by atoms with Crippen molar-refractivity contribution >= 4 is 0 Å². The minimum absolute atomic E-state index is 0.132. The lowest BCUT2D eigenvalue weighted by atomic mass is 10.1. The van der Waals surface area contributed by atoms with Crippen molar-refractivity contribution in [1.29, 1.82) is 0 Å². The van der Waals surface area contributed by atoms with Gasteiger partial charge in [0.05, 0.1) is 72.7 Å². The van der Waals surface area contributed by atoms with Crippen LogP contribution in [-0.4, -0.2) is 86.0 Å². The van der Waals surface area contributed by atoms with Gasteiger partial charge < -0.3 is 28.4 Å². The van der Waals surface area contributed by atoms with E-state index in [4.69, 9.17) is 28.4 Å². The van der Waals surface area contributed by atoms with Crippen LogP contribution in [0, 0.1) is 0 Å². The highest BCUT2D eigenvalue weighted by Crippen LogP contribution is 2.04. The standard InChI is InChI=1S/C20H41FO6/c1-2-3-4-5-6-7-9-22-11-13-24-15-17-26-19-20-27-18-16-25-14-12-23-10-8-21/h2-20H2,1H3. The van der Waals surface area contributed by atoms with Crippen LogP contribution in [0.3, 0.4) is 0 Å². The predicted octanol–water partition coefficient (Wildman–Crippen LogP) is 3.42. The Labute approximate surface area is 165 Å². The van der Waals surface area contributed by atoms with Crippen LogP contribution in [0.15, 0.2) is 0 Å². The normalized spacial score (nSPS) is 11.3. The zero-order valence-electron chi connectivity index (χ0n) is 17.3. The van der Waals surface area contributed by atoms with E-state index in [-0.39, 0.29) is 6.61 Å². The molecule has 0 aromatic carbocycles. The Morgan fingerprint density at radius 2 is 0.741 bits per heavy atom. The number of hydrogen-bond acceptors (Lipinski definition) is 6. The summed E-state index contributed by atoms with van der Waals surface area (Å²) >= 11 is 0. The van der Waals surface area contributed by atoms with Crippen LogP contribution >= 0.6 is 0 Å². The monoisotopic (exact) mass is 396 g/mol. The van der Waals surface area contributed by atoms with Crippen molar-refractivity contribution in [1.82, 2.24) is 0 Å². The summed E-state index contributed by atoms with van der Waals surface area (Å²) in [5, 5.41) is 0. The second kappa shape index (κ2) is 25.7.